The molecule has 1 aromatic carbocycles. The van der Waals surface area contributed by atoms with E-state index in [0.29, 0.717) is 0 Å². The summed E-state index contributed by atoms with van der Waals surface area (Å²) in [6.07, 6.45) is 0.937. The number of rotatable bonds is 4. The van der Waals surface area contributed by atoms with Gasteiger partial charge in [0.2, 0.25) is 0 Å². The van der Waals surface area contributed by atoms with Crippen LogP contribution in [0.1, 0.15) is 16.7 Å². The maximum atomic E-state index is 6.15. The minimum absolute atomic E-state index is 0.819. The molecule has 0 radical (unpaired) electrons. The smallest absolute Gasteiger partial charge is 0.125 e. The van der Waals surface area contributed by atoms with Crippen molar-refractivity contribution in [3.63, 3.8) is 0 Å². The fourth-order valence-corrected chi connectivity index (χ4v) is 2.03. The second-order valence-electron chi connectivity index (χ2n) is 3.67. The summed E-state index contributed by atoms with van der Waals surface area (Å²) in [4.78, 5) is 0. The van der Waals surface area contributed by atoms with Gasteiger partial charge in [-0.15, -0.1) is 0 Å². The fourth-order valence-electron chi connectivity index (χ4n) is 1.75. The third kappa shape index (κ3) is 2.64. The molecule has 0 amide bonds. The fraction of sp³-hybridized carbons (Fsp3) is 0.500. The van der Waals surface area contributed by atoms with E-state index in [1.807, 2.05) is 27.0 Å². The molecule has 0 aliphatic rings. The van der Waals surface area contributed by atoms with Gasteiger partial charge in [0.15, 0.2) is 0 Å². The molecule has 0 aliphatic carbocycles. The molecule has 2 nitrogen and oxygen atoms in total. The first-order chi connectivity index (χ1) is 7.11. The Hall–Kier alpha value is -0.730. The number of likely N-dealkylation sites (N-methyl/N-ethyl adjacent to an activating group) is 1. The lowest BCUT2D eigenvalue weighted by Gasteiger charge is -2.15. The molecule has 0 aliphatic heterocycles. The predicted molar refractivity (Wildman–Crippen MR) is 65.1 cm³/mol. The molecule has 0 bridgehead atoms. The number of benzene rings is 1. The van der Waals surface area contributed by atoms with E-state index in [4.69, 9.17) is 16.3 Å². The number of hydrogen-bond donors (Lipinski definition) is 1. The Morgan fingerprint density at radius 1 is 1.40 bits per heavy atom. The van der Waals surface area contributed by atoms with Gasteiger partial charge in [-0.05, 0) is 51.1 Å². The Morgan fingerprint density at radius 3 is 2.60 bits per heavy atom. The highest BCUT2D eigenvalue weighted by Crippen LogP contribution is 2.32. The minimum Gasteiger partial charge on any atom is -0.496 e. The largest absolute Gasteiger partial charge is 0.496 e. The normalized spacial score (nSPS) is 10.5. The van der Waals surface area contributed by atoms with Gasteiger partial charge in [0.1, 0.15) is 5.75 Å². The molecule has 0 spiro atoms. The summed E-state index contributed by atoms with van der Waals surface area (Å²) in [7, 11) is 3.65. The predicted octanol–water partition coefficient (Wildman–Crippen LogP) is 2.73. The van der Waals surface area contributed by atoms with Crippen molar-refractivity contribution in [1.29, 1.82) is 0 Å². The average Bonchev–Trinajstić information content (AvgIpc) is 2.21. The highest BCUT2D eigenvalue weighted by molar-refractivity contribution is 6.31. The van der Waals surface area contributed by atoms with Crippen molar-refractivity contribution >= 4 is 11.6 Å². The van der Waals surface area contributed by atoms with Crippen molar-refractivity contribution in [3.05, 3.63) is 27.8 Å². The van der Waals surface area contributed by atoms with Crippen LogP contribution in [0, 0.1) is 13.8 Å². The van der Waals surface area contributed by atoms with Crippen molar-refractivity contribution in [2.45, 2.75) is 20.3 Å². The van der Waals surface area contributed by atoms with Gasteiger partial charge in [-0.3, -0.25) is 0 Å². The average molecular weight is 228 g/mol. The van der Waals surface area contributed by atoms with Crippen LogP contribution in [0.25, 0.3) is 0 Å². The maximum absolute atomic E-state index is 6.15. The van der Waals surface area contributed by atoms with Gasteiger partial charge in [0.05, 0.1) is 7.11 Å². The molecule has 0 heterocycles. The number of nitrogens with one attached hydrogen (secondary N) is 1. The van der Waals surface area contributed by atoms with Crippen LogP contribution in [0.2, 0.25) is 5.02 Å². The zero-order chi connectivity index (χ0) is 11.4. The Bertz CT molecular complexity index is 350. The Balaban J connectivity index is 3.18. The van der Waals surface area contributed by atoms with E-state index in [2.05, 4.69) is 5.32 Å². The molecule has 1 aromatic rings. The van der Waals surface area contributed by atoms with Crippen molar-refractivity contribution in [2.75, 3.05) is 20.7 Å². The summed E-state index contributed by atoms with van der Waals surface area (Å²) in [5.41, 5.74) is 3.42. The number of ether oxygens (including phenoxy) is 1. The van der Waals surface area contributed by atoms with Crippen molar-refractivity contribution in [1.82, 2.24) is 5.32 Å². The summed E-state index contributed by atoms with van der Waals surface area (Å²) in [5.74, 6) is 0.965. The maximum Gasteiger partial charge on any atom is 0.125 e. The summed E-state index contributed by atoms with van der Waals surface area (Å²) in [6.45, 7) is 4.99. The first-order valence-electron chi connectivity index (χ1n) is 5.09. The second-order valence-corrected chi connectivity index (χ2v) is 4.07. The highest BCUT2D eigenvalue weighted by atomic mass is 35.5. The zero-order valence-corrected chi connectivity index (χ0v) is 10.5. The van der Waals surface area contributed by atoms with Gasteiger partial charge in [-0.1, -0.05) is 11.6 Å². The summed E-state index contributed by atoms with van der Waals surface area (Å²) >= 11 is 6.15. The van der Waals surface area contributed by atoms with Gasteiger partial charge in [0.25, 0.3) is 0 Å². The monoisotopic (exact) mass is 227 g/mol. The Morgan fingerprint density at radius 2 is 2.07 bits per heavy atom. The third-order valence-electron chi connectivity index (χ3n) is 2.62. The molecule has 1 N–H and O–H groups in total. The SMILES string of the molecule is CNCCc1c(C)c(Cl)cc(C)c1OC. The van der Waals surface area contributed by atoms with Crippen LogP contribution in [-0.4, -0.2) is 20.7 Å². The van der Waals surface area contributed by atoms with Gasteiger partial charge < -0.3 is 10.1 Å². The summed E-state index contributed by atoms with van der Waals surface area (Å²) in [5, 5.41) is 3.95. The first-order valence-corrected chi connectivity index (χ1v) is 5.46. The van der Waals surface area contributed by atoms with E-state index in [1.165, 1.54) is 5.56 Å². The molecule has 0 fully saturated rings. The lowest BCUT2D eigenvalue weighted by molar-refractivity contribution is 0.405. The van der Waals surface area contributed by atoms with E-state index >= 15 is 0 Å². The minimum atomic E-state index is 0.819. The molecule has 0 unspecified atom stereocenters. The molecule has 0 aromatic heterocycles. The third-order valence-corrected chi connectivity index (χ3v) is 3.01. The van der Waals surface area contributed by atoms with Crippen LogP contribution in [0.15, 0.2) is 6.07 Å². The van der Waals surface area contributed by atoms with E-state index in [9.17, 15) is 0 Å². The molecule has 1 rings (SSSR count). The molecule has 15 heavy (non-hydrogen) atoms. The van der Waals surface area contributed by atoms with Crippen LogP contribution >= 0.6 is 11.6 Å². The van der Waals surface area contributed by atoms with Crippen molar-refractivity contribution < 1.29 is 4.74 Å². The van der Waals surface area contributed by atoms with Crippen LogP contribution < -0.4 is 10.1 Å². The molecule has 3 heteroatoms. The van der Waals surface area contributed by atoms with Gasteiger partial charge >= 0.3 is 0 Å². The molecule has 0 saturated carbocycles. The van der Waals surface area contributed by atoms with E-state index in [-0.39, 0.29) is 0 Å². The van der Waals surface area contributed by atoms with Crippen molar-refractivity contribution in [3.8, 4) is 5.75 Å². The quantitative estimate of drug-likeness (QED) is 0.854. The lowest BCUT2D eigenvalue weighted by Crippen LogP contribution is -2.12. The van der Waals surface area contributed by atoms with E-state index < -0.39 is 0 Å². The number of halogens is 1. The standard InChI is InChI=1S/C12H18ClNO/c1-8-7-11(13)9(2)10(5-6-14-3)12(8)15-4/h7,14H,5-6H2,1-4H3. The second kappa shape index (κ2) is 5.38. The summed E-state index contributed by atoms with van der Waals surface area (Å²) < 4.78 is 5.42. The van der Waals surface area contributed by atoms with Gasteiger partial charge in [-0.25, -0.2) is 0 Å². The molecular formula is C12H18ClNO. The molecule has 84 valence electrons. The van der Waals surface area contributed by atoms with E-state index in [0.717, 1.165) is 34.9 Å². The molecule has 0 saturated heterocycles. The van der Waals surface area contributed by atoms with Crippen LogP contribution in [0.5, 0.6) is 5.75 Å². The van der Waals surface area contributed by atoms with E-state index in [1.54, 1.807) is 7.11 Å². The van der Waals surface area contributed by atoms with Crippen LogP contribution in [0.3, 0.4) is 0 Å². The number of hydrogen-bond acceptors (Lipinski definition) is 2. The Kier molecular flexibility index (Phi) is 4.43. The zero-order valence-electron chi connectivity index (χ0n) is 9.78. The van der Waals surface area contributed by atoms with Crippen LogP contribution in [-0.2, 0) is 6.42 Å². The lowest BCUT2D eigenvalue weighted by atomic mass is 10.0. The number of methoxy groups -OCH3 is 1. The number of aryl methyl sites for hydroxylation is 1. The van der Waals surface area contributed by atoms with Crippen LogP contribution in [0.4, 0.5) is 0 Å². The highest BCUT2D eigenvalue weighted by Gasteiger charge is 2.12. The summed E-state index contributed by atoms with van der Waals surface area (Å²) in [6, 6.07) is 1.96. The van der Waals surface area contributed by atoms with Crippen molar-refractivity contribution in [2.24, 2.45) is 0 Å². The molecular weight excluding hydrogens is 210 g/mol. The van der Waals surface area contributed by atoms with Gasteiger partial charge in [0, 0.05) is 10.6 Å². The topological polar surface area (TPSA) is 21.3 Å². The Labute approximate surface area is 96.6 Å². The first kappa shape index (κ1) is 12.3. The molecule has 0 atom stereocenters. The van der Waals surface area contributed by atoms with Gasteiger partial charge in [-0.2, -0.15) is 0 Å².